The van der Waals surface area contributed by atoms with Crippen molar-refractivity contribution in [3.8, 4) is 28.9 Å². The second kappa shape index (κ2) is 7.28. The minimum absolute atomic E-state index is 0.371. The van der Waals surface area contributed by atoms with Crippen molar-refractivity contribution >= 4 is 5.95 Å². The summed E-state index contributed by atoms with van der Waals surface area (Å²) in [6, 6.07) is 12.9. The van der Waals surface area contributed by atoms with Crippen molar-refractivity contribution in [3.63, 3.8) is 0 Å². The van der Waals surface area contributed by atoms with Crippen LogP contribution < -0.4 is 4.90 Å². The molecule has 0 N–H and O–H groups in total. The summed E-state index contributed by atoms with van der Waals surface area (Å²) in [6.45, 7) is 0.393. The molecule has 3 aromatic heterocycles. The van der Waals surface area contributed by atoms with Gasteiger partial charge in [-0.25, -0.2) is 0 Å². The predicted molar refractivity (Wildman–Crippen MR) is 101 cm³/mol. The Labute approximate surface area is 160 Å². The van der Waals surface area contributed by atoms with Gasteiger partial charge in [0.25, 0.3) is 5.89 Å². The standard InChI is InChI=1S/C19H16N8O/c1-26(19-24-23-17(27(19)2)14-6-8-21-9-7-14)12-16-22-18(28-25-16)15-5-3-4-13(10-15)11-20/h3-10H,12H2,1-2H3. The molecule has 1 aromatic carbocycles. The Balaban J connectivity index is 1.54. The first-order valence-corrected chi connectivity index (χ1v) is 8.50. The van der Waals surface area contributed by atoms with E-state index in [-0.39, 0.29) is 0 Å². The van der Waals surface area contributed by atoms with Crippen LogP contribution in [0.2, 0.25) is 0 Å². The van der Waals surface area contributed by atoms with E-state index in [0.717, 1.165) is 11.4 Å². The highest BCUT2D eigenvalue weighted by Gasteiger charge is 2.17. The van der Waals surface area contributed by atoms with Crippen LogP contribution in [0.15, 0.2) is 53.3 Å². The Morgan fingerprint density at radius 1 is 1.14 bits per heavy atom. The summed E-state index contributed by atoms with van der Waals surface area (Å²) in [7, 11) is 3.78. The van der Waals surface area contributed by atoms with Crippen LogP contribution in [0.4, 0.5) is 5.95 Å². The van der Waals surface area contributed by atoms with Crippen LogP contribution in [0.25, 0.3) is 22.8 Å². The van der Waals surface area contributed by atoms with E-state index >= 15 is 0 Å². The fraction of sp³-hybridized carbons (Fsp3) is 0.158. The number of nitriles is 1. The molecule has 0 amide bonds. The first-order chi connectivity index (χ1) is 13.7. The van der Waals surface area contributed by atoms with Crippen LogP contribution in [0.3, 0.4) is 0 Å². The second-order valence-corrected chi connectivity index (χ2v) is 6.18. The molecule has 28 heavy (non-hydrogen) atoms. The smallest absolute Gasteiger partial charge is 0.258 e. The third kappa shape index (κ3) is 3.31. The highest BCUT2D eigenvalue weighted by molar-refractivity contribution is 5.57. The van der Waals surface area contributed by atoms with E-state index in [1.165, 1.54) is 0 Å². The number of nitrogens with zero attached hydrogens (tertiary/aromatic N) is 8. The fourth-order valence-corrected chi connectivity index (χ4v) is 2.85. The highest BCUT2D eigenvalue weighted by atomic mass is 16.5. The summed E-state index contributed by atoms with van der Waals surface area (Å²) >= 11 is 0. The quantitative estimate of drug-likeness (QED) is 0.525. The molecule has 0 aliphatic rings. The van der Waals surface area contributed by atoms with Crippen molar-refractivity contribution in [2.24, 2.45) is 7.05 Å². The van der Waals surface area contributed by atoms with Gasteiger partial charge in [-0.3, -0.25) is 9.55 Å². The van der Waals surface area contributed by atoms with Gasteiger partial charge in [-0.2, -0.15) is 10.2 Å². The van der Waals surface area contributed by atoms with Gasteiger partial charge in [0.05, 0.1) is 18.2 Å². The van der Waals surface area contributed by atoms with Crippen molar-refractivity contribution in [1.82, 2.24) is 29.9 Å². The lowest BCUT2D eigenvalue weighted by atomic mass is 10.1. The molecule has 0 spiro atoms. The lowest BCUT2D eigenvalue weighted by molar-refractivity contribution is 0.422. The second-order valence-electron chi connectivity index (χ2n) is 6.18. The average Bonchev–Trinajstić information content (AvgIpc) is 3.35. The predicted octanol–water partition coefficient (Wildman–Crippen LogP) is 2.44. The highest BCUT2D eigenvalue weighted by Crippen LogP contribution is 2.22. The first kappa shape index (κ1) is 17.4. The van der Waals surface area contributed by atoms with Crippen molar-refractivity contribution in [3.05, 3.63) is 60.2 Å². The number of hydrogen-bond donors (Lipinski definition) is 0. The topological polar surface area (TPSA) is 110 Å². The molecule has 0 aliphatic heterocycles. The van der Waals surface area contributed by atoms with Crippen LogP contribution in [-0.4, -0.2) is 36.9 Å². The zero-order chi connectivity index (χ0) is 19.5. The van der Waals surface area contributed by atoms with Gasteiger partial charge in [0.2, 0.25) is 5.95 Å². The third-order valence-corrected chi connectivity index (χ3v) is 4.22. The van der Waals surface area contributed by atoms with Crippen LogP contribution in [0, 0.1) is 11.3 Å². The van der Waals surface area contributed by atoms with E-state index in [9.17, 15) is 0 Å². The van der Waals surface area contributed by atoms with E-state index in [4.69, 9.17) is 9.78 Å². The number of aromatic nitrogens is 6. The molecule has 0 fully saturated rings. The van der Waals surface area contributed by atoms with E-state index < -0.39 is 0 Å². The maximum Gasteiger partial charge on any atom is 0.258 e. The third-order valence-electron chi connectivity index (χ3n) is 4.22. The molecule has 0 radical (unpaired) electrons. The number of pyridine rings is 1. The van der Waals surface area contributed by atoms with Crippen LogP contribution in [0.1, 0.15) is 11.4 Å². The summed E-state index contributed by atoms with van der Waals surface area (Å²) < 4.78 is 7.24. The molecule has 0 aliphatic carbocycles. The fourth-order valence-electron chi connectivity index (χ4n) is 2.85. The van der Waals surface area contributed by atoms with Crippen molar-refractivity contribution < 1.29 is 4.52 Å². The minimum atomic E-state index is 0.371. The van der Waals surface area contributed by atoms with E-state index in [1.807, 2.05) is 41.8 Å². The molecule has 4 aromatic rings. The summed E-state index contributed by atoms with van der Waals surface area (Å²) in [4.78, 5) is 10.3. The zero-order valence-electron chi connectivity index (χ0n) is 15.3. The normalized spacial score (nSPS) is 10.6. The Kier molecular flexibility index (Phi) is 4.51. The molecule has 9 nitrogen and oxygen atoms in total. The van der Waals surface area contributed by atoms with Gasteiger partial charge in [-0.1, -0.05) is 11.2 Å². The van der Waals surface area contributed by atoms with Crippen molar-refractivity contribution in [2.45, 2.75) is 6.54 Å². The van der Waals surface area contributed by atoms with E-state index in [2.05, 4.69) is 31.4 Å². The van der Waals surface area contributed by atoms with E-state index in [1.54, 1.807) is 30.6 Å². The van der Waals surface area contributed by atoms with Gasteiger partial charge in [0, 0.05) is 37.6 Å². The average molecular weight is 372 g/mol. The molecule has 0 saturated heterocycles. The molecule has 0 bridgehead atoms. The minimum Gasteiger partial charge on any atom is -0.336 e. The number of benzene rings is 1. The number of hydrogen-bond acceptors (Lipinski definition) is 8. The van der Waals surface area contributed by atoms with Crippen LogP contribution in [0.5, 0.6) is 0 Å². The number of anilines is 1. The van der Waals surface area contributed by atoms with Gasteiger partial charge in [-0.15, -0.1) is 10.2 Å². The maximum atomic E-state index is 9.03. The molecule has 9 heteroatoms. The summed E-state index contributed by atoms with van der Waals surface area (Å²) in [5.41, 5.74) is 2.18. The van der Waals surface area contributed by atoms with Gasteiger partial charge in [0.15, 0.2) is 11.6 Å². The molecular weight excluding hydrogens is 356 g/mol. The Bertz CT molecular complexity index is 1140. The van der Waals surface area contributed by atoms with Gasteiger partial charge in [-0.05, 0) is 30.3 Å². The molecule has 3 heterocycles. The van der Waals surface area contributed by atoms with Gasteiger partial charge >= 0.3 is 0 Å². The molecule has 138 valence electrons. The summed E-state index contributed by atoms with van der Waals surface area (Å²) in [5, 5.41) is 21.6. The lowest BCUT2D eigenvalue weighted by Crippen LogP contribution is -2.21. The van der Waals surface area contributed by atoms with Gasteiger partial charge < -0.3 is 9.42 Å². The lowest BCUT2D eigenvalue weighted by Gasteiger charge is -2.15. The van der Waals surface area contributed by atoms with E-state index in [0.29, 0.717) is 35.3 Å². The maximum absolute atomic E-state index is 9.03. The molecule has 0 atom stereocenters. The molecular formula is C19H16N8O. The Morgan fingerprint density at radius 3 is 2.75 bits per heavy atom. The van der Waals surface area contributed by atoms with Gasteiger partial charge in [0.1, 0.15) is 0 Å². The number of rotatable bonds is 5. The Morgan fingerprint density at radius 2 is 1.96 bits per heavy atom. The molecule has 0 saturated carbocycles. The Hall–Kier alpha value is -4.06. The van der Waals surface area contributed by atoms with Crippen LogP contribution in [-0.2, 0) is 13.6 Å². The SMILES string of the molecule is CN(Cc1noc(-c2cccc(C#N)c2)n1)c1nnc(-c2ccncc2)n1C. The summed E-state index contributed by atoms with van der Waals surface area (Å²) in [6.07, 6.45) is 3.44. The van der Waals surface area contributed by atoms with Crippen molar-refractivity contribution in [2.75, 3.05) is 11.9 Å². The van der Waals surface area contributed by atoms with Crippen LogP contribution >= 0.6 is 0 Å². The molecule has 4 rings (SSSR count). The first-order valence-electron chi connectivity index (χ1n) is 8.50. The van der Waals surface area contributed by atoms with Crippen molar-refractivity contribution in [1.29, 1.82) is 5.26 Å². The summed E-state index contributed by atoms with van der Waals surface area (Å²) in [5.74, 6) is 2.29. The largest absolute Gasteiger partial charge is 0.336 e. The zero-order valence-corrected chi connectivity index (χ0v) is 15.3. The molecule has 0 unspecified atom stereocenters. The monoisotopic (exact) mass is 372 g/mol.